The topological polar surface area (TPSA) is 3.24 Å². The van der Waals surface area contributed by atoms with Gasteiger partial charge >= 0.3 is 0 Å². The van der Waals surface area contributed by atoms with Gasteiger partial charge in [-0.1, -0.05) is 72.8 Å². The van der Waals surface area contributed by atoms with Crippen LogP contribution in [-0.4, -0.2) is 18.0 Å². The second-order valence-electron chi connectivity index (χ2n) is 6.60. The van der Waals surface area contributed by atoms with E-state index >= 15 is 0 Å². The summed E-state index contributed by atoms with van der Waals surface area (Å²) in [7, 11) is 0. The molecule has 0 atom stereocenters. The van der Waals surface area contributed by atoms with Crippen LogP contribution >= 0.6 is 0 Å². The Bertz CT molecular complexity index is 765. The molecule has 1 fully saturated rings. The van der Waals surface area contributed by atoms with Gasteiger partial charge in [0.05, 0.1) is 0 Å². The SMILES string of the molecule is c1ccc(CN2CCC(c3cccc4ccccc34)CC2)cc1. The van der Waals surface area contributed by atoms with Crippen LogP contribution in [0.5, 0.6) is 0 Å². The number of hydrogen-bond acceptors (Lipinski definition) is 1. The highest BCUT2D eigenvalue weighted by Crippen LogP contribution is 2.33. The summed E-state index contributed by atoms with van der Waals surface area (Å²) in [6, 6.07) is 26.4. The minimum Gasteiger partial charge on any atom is -0.299 e. The predicted molar refractivity (Wildman–Crippen MR) is 97.6 cm³/mol. The van der Waals surface area contributed by atoms with Crippen molar-refractivity contribution in [2.24, 2.45) is 0 Å². The van der Waals surface area contributed by atoms with Crippen LogP contribution in [0, 0.1) is 0 Å². The van der Waals surface area contributed by atoms with Gasteiger partial charge in [-0.3, -0.25) is 4.90 Å². The van der Waals surface area contributed by atoms with Gasteiger partial charge in [-0.25, -0.2) is 0 Å². The van der Waals surface area contributed by atoms with Crippen molar-refractivity contribution in [3.63, 3.8) is 0 Å². The molecule has 0 unspecified atom stereocenters. The molecule has 3 aromatic rings. The number of fused-ring (bicyclic) bond motifs is 1. The van der Waals surface area contributed by atoms with Crippen LogP contribution in [0.2, 0.25) is 0 Å². The predicted octanol–water partition coefficient (Wildman–Crippen LogP) is 5.22. The minimum absolute atomic E-state index is 0.702. The normalized spacial score (nSPS) is 16.7. The number of piperidine rings is 1. The number of benzene rings is 3. The van der Waals surface area contributed by atoms with Crippen molar-refractivity contribution in [3.05, 3.63) is 83.9 Å². The molecular weight excluding hydrogens is 278 g/mol. The van der Waals surface area contributed by atoms with E-state index in [1.165, 1.54) is 42.3 Å². The summed E-state index contributed by atoms with van der Waals surface area (Å²) in [5, 5.41) is 2.81. The summed E-state index contributed by atoms with van der Waals surface area (Å²) in [6.07, 6.45) is 2.53. The van der Waals surface area contributed by atoms with Crippen molar-refractivity contribution in [1.82, 2.24) is 4.90 Å². The summed E-state index contributed by atoms with van der Waals surface area (Å²) in [4.78, 5) is 2.59. The lowest BCUT2D eigenvalue weighted by atomic mass is 9.86. The van der Waals surface area contributed by atoms with Gasteiger partial charge in [0.2, 0.25) is 0 Å². The van der Waals surface area contributed by atoms with Crippen LogP contribution in [0.3, 0.4) is 0 Å². The Hall–Kier alpha value is -2.12. The fourth-order valence-corrected chi connectivity index (χ4v) is 3.85. The fraction of sp³-hybridized carbons (Fsp3) is 0.273. The molecule has 0 aromatic heterocycles. The lowest BCUT2D eigenvalue weighted by molar-refractivity contribution is 0.205. The van der Waals surface area contributed by atoms with Gasteiger partial charge in [0.15, 0.2) is 0 Å². The number of hydrogen-bond donors (Lipinski definition) is 0. The second-order valence-corrected chi connectivity index (χ2v) is 6.60. The molecule has 4 rings (SSSR count). The van der Waals surface area contributed by atoms with E-state index in [-0.39, 0.29) is 0 Å². The Labute approximate surface area is 138 Å². The van der Waals surface area contributed by atoms with Gasteiger partial charge in [0.25, 0.3) is 0 Å². The number of likely N-dealkylation sites (tertiary alicyclic amines) is 1. The maximum atomic E-state index is 2.59. The molecule has 0 bridgehead atoms. The maximum absolute atomic E-state index is 2.59. The highest BCUT2D eigenvalue weighted by atomic mass is 15.1. The summed E-state index contributed by atoms with van der Waals surface area (Å²) in [6.45, 7) is 3.48. The van der Waals surface area contributed by atoms with Gasteiger partial charge < -0.3 is 0 Å². The Morgan fingerprint density at radius 2 is 1.43 bits per heavy atom. The van der Waals surface area contributed by atoms with E-state index in [0.29, 0.717) is 5.92 Å². The molecule has 0 spiro atoms. The highest BCUT2D eigenvalue weighted by molar-refractivity contribution is 5.86. The van der Waals surface area contributed by atoms with Crippen molar-refractivity contribution in [2.75, 3.05) is 13.1 Å². The third-order valence-corrected chi connectivity index (χ3v) is 5.10. The van der Waals surface area contributed by atoms with Crippen LogP contribution in [-0.2, 0) is 6.54 Å². The van der Waals surface area contributed by atoms with Gasteiger partial charge in [-0.2, -0.15) is 0 Å². The Morgan fingerprint density at radius 3 is 2.26 bits per heavy atom. The zero-order valence-electron chi connectivity index (χ0n) is 13.5. The summed E-state index contributed by atoms with van der Waals surface area (Å²) in [5.41, 5.74) is 2.97. The van der Waals surface area contributed by atoms with Crippen molar-refractivity contribution in [1.29, 1.82) is 0 Å². The van der Waals surface area contributed by atoms with Crippen LogP contribution in [0.25, 0.3) is 10.8 Å². The van der Waals surface area contributed by atoms with Crippen molar-refractivity contribution in [3.8, 4) is 0 Å². The third kappa shape index (κ3) is 3.16. The Morgan fingerprint density at radius 1 is 0.739 bits per heavy atom. The lowest BCUT2D eigenvalue weighted by Crippen LogP contribution is -2.32. The summed E-state index contributed by atoms with van der Waals surface area (Å²) in [5.74, 6) is 0.702. The first kappa shape index (κ1) is 14.5. The molecule has 1 nitrogen and oxygen atoms in total. The number of rotatable bonds is 3. The molecule has 1 aliphatic heterocycles. The summed E-state index contributed by atoms with van der Waals surface area (Å²) < 4.78 is 0. The van der Waals surface area contributed by atoms with E-state index in [2.05, 4.69) is 77.7 Å². The van der Waals surface area contributed by atoms with E-state index < -0.39 is 0 Å². The van der Waals surface area contributed by atoms with E-state index in [0.717, 1.165) is 6.54 Å². The first-order chi connectivity index (χ1) is 11.4. The Balaban J connectivity index is 1.47. The molecule has 1 aliphatic rings. The molecule has 0 saturated carbocycles. The van der Waals surface area contributed by atoms with Gasteiger partial charge in [0.1, 0.15) is 0 Å². The van der Waals surface area contributed by atoms with Gasteiger partial charge in [-0.05, 0) is 53.7 Å². The maximum Gasteiger partial charge on any atom is 0.0233 e. The lowest BCUT2D eigenvalue weighted by Gasteiger charge is -2.32. The summed E-state index contributed by atoms with van der Waals surface area (Å²) >= 11 is 0. The average Bonchev–Trinajstić information content (AvgIpc) is 2.63. The quantitative estimate of drug-likeness (QED) is 0.641. The van der Waals surface area contributed by atoms with Crippen molar-refractivity contribution < 1.29 is 0 Å². The van der Waals surface area contributed by atoms with E-state index in [9.17, 15) is 0 Å². The zero-order valence-corrected chi connectivity index (χ0v) is 13.5. The third-order valence-electron chi connectivity index (χ3n) is 5.10. The Kier molecular flexibility index (Phi) is 4.12. The van der Waals surface area contributed by atoms with E-state index in [1.807, 2.05) is 0 Å². The standard InChI is InChI=1S/C22H23N/c1-2-7-18(8-3-1)17-23-15-13-20(14-16-23)22-12-6-10-19-9-4-5-11-21(19)22/h1-12,20H,13-17H2. The van der Waals surface area contributed by atoms with Gasteiger partial charge in [-0.15, -0.1) is 0 Å². The molecule has 1 heteroatoms. The second kappa shape index (κ2) is 6.55. The largest absolute Gasteiger partial charge is 0.299 e. The van der Waals surface area contributed by atoms with Crippen LogP contribution < -0.4 is 0 Å². The molecule has 0 amide bonds. The smallest absolute Gasteiger partial charge is 0.0233 e. The van der Waals surface area contributed by atoms with Gasteiger partial charge in [0, 0.05) is 6.54 Å². The van der Waals surface area contributed by atoms with E-state index in [4.69, 9.17) is 0 Å². The number of nitrogens with zero attached hydrogens (tertiary/aromatic N) is 1. The van der Waals surface area contributed by atoms with Crippen LogP contribution in [0.4, 0.5) is 0 Å². The van der Waals surface area contributed by atoms with Crippen molar-refractivity contribution in [2.45, 2.75) is 25.3 Å². The van der Waals surface area contributed by atoms with E-state index in [1.54, 1.807) is 5.56 Å². The minimum atomic E-state index is 0.702. The monoisotopic (exact) mass is 301 g/mol. The van der Waals surface area contributed by atoms with Crippen LogP contribution in [0.15, 0.2) is 72.8 Å². The zero-order chi connectivity index (χ0) is 15.5. The first-order valence-electron chi connectivity index (χ1n) is 8.64. The molecule has 0 radical (unpaired) electrons. The molecule has 23 heavy (non-hydrogen) atoms. The average molecular weight is 301 g/mol. The molecule has 0 N–H and O–H groups in total. The molecule has 3 aromatic carbocycles. The molecule has 116 valence electrons. The van der Waals surface area contributed by atoms with Crippen LogP contribution in [0.1, 0.15) is 29.9 Å². The highest BCUT2D eigenvalue weighted by Gasteiger charge is 2.21. The first-order valence-corrected chi connectivity index (χ1v) is 8.64. The molecule has 1 heterocycles. The molecule has 1 saturated heterocycles. The van der Waals surface area contributed by atoms with Crippen molar-refractivity contribution >= 4 is 10.8 Å². The molecular formula is C22H23N. The molecule has 0 aliphatic carbocycles. The fourth-order valence-electron chi connectivity index (χ4n) is 3.85.